The average Bonchev–Trinajstić information content (AvgIpc) is 2.32. The van der Waals surface area contributed by atoms with Crippen LogP contribution < -0.4 is 5.73 Å². The highest BCUT2D eigenvalue weighted by atomic mass is 16.5. The Morgan fingerprint density at radius 2 is 2.06 bits per heavy atom. The summed E-state index contributed by atoms with van der Waals surface area (Å²) in [7, 11) is 1.64. The van der Waals surface area contributed by atoms with E-state index in [1.165, 1.54) is 0 Å². The molecule has 4 nitrogen and oxygen atoms in total. The standard InChI is InChI=1S/C14H21NO3/c1-10-6-5-7-11(12(10)15)13(16)18-9-8-14(2,3)17-4/h5-7H,8-9,15H2,1-4H3. The fourth-order valence-electron chi connectivity index (χ4n) is 1.43. The van der Waals surface area contributed by atoms with Gasteiger partial charge in [-0.25, -0.2) is 4.79 Å². The Kier molecular flexibility index (Phi) is 4.73. The minimum Gasteiger partial charge on any atom is -0.462 e. The molecule has 0 aliphatic carbocycles. The SMILES string of the molecule is COC(C)(C)CCOC(=O)c1cccc(C)c1N. The van der Waals surface area contributed by atoms with E-state index in [2.05, 4.69) is 0 Å². The first-order chi connectivity index (χ1) is 8.37. The Labute approximate surface area is 108 Å². The highest BCUT2D eigenvalue weighted by Gasteiger charge is 2.18. The summed E-state index contributed by atoms with van der Waals surface area (Å²) in [5.41, 5.74) is 7.33. The molecular weight excluding hydrogens is 230 g/mol. The third kappa shape index (κ3) is 3.74. The number of nitrogen functional groups attached to an aromatic ring is 1. The molecule has 0 bridgehead atoms. The number of hydrogen-bond donors (Lipinski definition) is 1. The van der Waals surface area contributed by atoms with Crippen LogP contribution in [0.3, 0.4) is 0 Å². The molecule has 1 aromatic carbocycles. The second-order valence-corrected chi connectivity index (χ2v) is 4.89. The third-order valence-electron chi connectivity index (χ3n) is 3.03. The van der Waals surface area contributed by atoms with Crippen molar-refractivity contribution in [3.8, 4) is 0 Å². The van der Waals surface area contributed by atoms with Gasteiger partial charge in [0.25, 0.3) is 0 Å². The molecule has 0 amide bonds. The first kappa shape index (κ1) is 14.5. The Hall–Kier alpha value is -1.55. The predicted octanol–water partition coefficient (Wildman–Crippen LogP) is 2.55. The topological polar surface area (TPSA) is 61.5 Å². The van der Waals surface area contributed by atoms with E-state index in [0.29, 0.717) is 24.3 Å². The summed E-state index contributed by atoms with van der Waals surface area (Å²) in [6, 6.07) is 5.33. The fraction of sp³-hybridized carbons (Fsp3) is 0.500. The lowest BCUT2D eigenvalue weighted by Gasteiger charge is -2.22. The number of anilines is 1. The summed E-state index contributed by atoms with van der Waals surface area (Å²) in [5.74, 6) is -0.386. The number of nitrogens with two attached hydrogens (primary N) is 1. The third-order valence-corrected chi connectivity index (χ3v) is 3.03. The van der Waals surface area contributed by atoms with Gasteiger partial charge in [0.2, 0.25) is 0 Å². The van der Waals surface area contributed by atoms with Crippen molar-refractivity contribution in [3.63, 3.8) is 0 Å². The fourth-order valence-corrected chi connectivity index (χ4v) is 1.43. The van der Waals surface area contributed by atoms with E-state index < -0.39 is 0 Å². The maximum absolute atomic E-state index is 11.8. The van der Waals surface area contributed by atoms with Crippen LogP contribution in [-0.2, 0) is 9.47 Å². The van der Waals surface area contributed by atoms with Gasteiger partial charge in [-0.15, -0.1) is 0 Å². The predicted molar refractivity (Wildman–Crippen MR) is 71.6 cm³/mol. The van der Waals surface area contributed by atoms with Crippen LogP contribution in [-0.4, -0.2) is 25.3 Å². The van der Waals surface area contributed by atoms with Crippen molar-refractivity contribution in [2.75, 3.05) is 19.5 Å². The highest BCUT2D eigenvalue weighted by Crippen LogP contribution is 2.18. The van der Waals surface area contributed by atoms with Gasteiger partial charge < -0.3 is 15.2 Å². The van der Waals surface area contributed by atoms with Crippen molar-refractivity contribution in [1.82, 2.24) is 0 Å². The molecular formula is C14H21NO3. The molecule has 18 heavy (non-hydrogen) atoms. The number of hydrogen-bond acceptors (Lipinski definition) is 4. The van der Waals surface area contributed by atoms with Crippen molar-refractivity contribution in [2.45, 2.75) is 32.8 Å². The van der Waals surface area contributed by atoms with Crippen LogP contribution in [0.15, 0.2) is 18.2 Å². The van der Waals surface area contributed by atoms with Gasteiger partial charge in [0.15, 0.2) is 0 Å². The number of benzene rings is 1. The lowest BCUT2D eigenvalue weighted by atomic mass is 10.1. The van der Waals surface area contributed by atoms with E-state index >= 15 is 0 Å². The maximum Gasteiger partial charge on any atom is 0.340 e. The van der Waals surface area contributed by atoms with Crippen molar-refractivity contribution >= 4 is 11.7 Å². The number of rotatable bonds is 5. The molecule has 0 fully saturated rings. The molecule has 100 valence electrons. The van der Waals surface area contributed by atoms with Crippen LogP contribution in [0.1, 0.15) is 36.2 Å². The summed E-state index contributed by atoms with van der Waals surface area (Å²) < 4.78 is 10.5. The highest BCUT2D eigenvalue weighted by molar-refractivity contribution is 5.95. The lowest BCUT2D eigenvalue weighted by molar-refractivity contribution is -0.00560. The van der Waals surface area contributed by atoms with Gasteiger partial charge in [0.05, 0.1) is 17.8 Å². The molecule has 0 aliphatic heterocycles. The van der Waals surface area contributed by atoms with Crippen molar-refractivity contribution in [1.29, 1.82) is 0 Å². The Balaban J connectivity index is 2.59. The number of para-hydroxylation sites is 1. The summed E-state index contributed by atoms with van der Waals surface area (Å²) in [5, 5.41) is 0. The van der Waals surface area contributed by atoms with Gasteiger partial charge >= 0.3 is 5.97 Å². The van der Waals surface area contributed by atoms with E-state index in [-0.39, 0.29) is 11.6 Å². The van der Waals surface area contributed by atoms with Gasteiger partial charge in [-0.2, -0.15) is 0 Å². The zero-order chi connectivity index (χ0) is 13.8. The summed E-state index contributed by atoms with van der Waals surface area (Å²) >= 11 is 0. The number of carbonyl (C=O) groups is 1. The summed E-state index contributed by atoms with van der Waals surface area (Å²) in [6.45, 7) is 6.07. The summed E-state index contributed by atoms with van der Waals surface area (Å²) in [4.78, 5) is 11.8. The normalized spacial score (nSPS) is 11.3. The lowest BCUT2D eigenvalue weighted by Crippen LogP contribution is -2.25. The molecule has 2 N–H and O–H groups in total. The van der Waals surface area contributed by atoms with E-state index in [1.807, 2.05) is 26.8 Å². The van der Waals surface area contributed by atoms with Gasteiger partial charge in [-0.05, 0) is 32.4 Å². The van der Waals surface area contributed by atoms with Crippen LogP contribution in [0.2, 0.25) is 0 Å². The van der Waals surface area contributed by atoms with Crippen LogP contribution >= 0.6 is 0 Å². The molecule has 0 spiro atoms. The maximum atomic E-state index is 11.8. The van der Waals surface area contributed by atoms with Crippen LogP contribution in [0, 0.1) is 6.92 Å². The van der Waals surface area contributed by atoms with Crippen molar-refractivity contribution in [2.24, 2.45) is 0 Å². The molecule has 0 heterocycles. The Morgan fingerprint density at radius 3 is 2.67 bits per heavy atom. The zero-order valence-corrected chi connectivity index (χ0v) is 11.4. The minimum absolute atomic E-state index is 0.293. The number of carbonyl (C=O) groups excluding carboxylic acids is 1. The average molecular weight is 251 g/mol. The molecule has 0 saturated heterocycles. The smallest absolute Gasteiger partial charge is 0.340 e. The first-order valence-corrected chi connectivity index (χ1v) is 5.95. The second-order valence-electron chi connectivity index (χ2n) is 4.89. The van der Waals surface area contributed by atoms with Gasteiger partial charge in [0, 0.05) is 19.2 Å². The van der Waals surface area contributed by atoms with Gasteiger partial charge in [0.1, 0.15) is 0 Å². The Morgan fingerprint density at radius 1 is 1.39 bits per heavy atom. The quantitative estimate of drug-likeness (QED) is 0.645. The van der Waals surface area contributed by atoms with Crippen LogP contribution in [0.4, 0.5) is 5.69 Å². The monoisotopic (exact) mass is 251 g/mol. The van der Waals surface area contributed by atoms with E-state index in [0.717, 1.165) is 5.56 Å². The second kappa shape index (κ2) is 5.87. The van der Waals surface area contributed by atoms with E-state index in [4.69, 9.17) is 15.2 Å². The number of esters is 1. The molecule has 0 unspecified atom stereocenters. The Bertz CT molecular complexity index is 427. The first-order valence-electron chi connectivity index (χ1n) is 5.95. The van der Waals surface area contributed by atoms with Gasteiger partial charge in [-0.3, -0.25) is 0 Å². The van der Waals surface area contributed by atoms with Crippen LogP contribution in [0.25, 0.3) is 0 Å². The van der Waals surface area contributed by atoms with E-state index in [9.17, 15) is 4.79 Å². The van der Waals surface area contributed by atoms with Gasteiger partial charge in [-0.1, -0.05) is 12.1 Å². The van der Waals surface area contributed by atoms with E-state index in [1.54, 1.807) is 19.2 Å². The largest absolute Gasteiger partial charge is 0.462 e. The molecule has 4 heteroatoms. The molecule has 1 rings (SSSR count). The zero-order valence-electron chi connectivity index (χ0n) is 11.4. The number of aryl methyl sites for hydroxylation is 1. The molecule has 0 radical (unpaired) electrons. The molecule has 0 atom stereocenters. The molecule has 0 saturated carbocycles. The molecule has 0 aromatic heterocycles. The minimum atomic E-state index is -0.386. The number of ether oxygens (including phenoxy) is 2. The molecule has 1 aromatic rings. The summed E-state index contributed by atoms with van der Waals surface area (Å²) in [6.07, 6.45) is 0.640. The molecule has 0 aliphatic rings. The van der Waals surface area contributed by atoms with Crippen molar-refractivity contribution in [3.05, 3.63) is 29.3 Å². The van der Waals surface area contributed by atoms with Crippen molar-refractivity contribution < 1.29 is 14.3 Å². The number of methoxy groups -OCH3 is 1. The van der Waals surface area contributed by atoms with Crippen LogP contribution in [0.5, 0.6) is 0 Å².